The summed E-state index contributed by atoms with van der Waals surface area (Å²) < 4.78 is 6.25. The molecule has 17 heavy (non-hydrogen) atoms. The van der Waals surface area contributed by atoms with Gasteiger partial charge in [-0.05, 0) is 31.0 Å². The third-order valence-electron chi connectivity index (χ3n) is 3.05. The minimum atomic E-state index is 0.165. The van der Waals surface area contributed by atoms with Crippen molar-refractivity contribution >= 4 is 21.7 Å². The highest BCUT2D eigenvalue weighted by molar-refractivity contribution is 9.10. The lowest BCUT2D eigenvalue weighted by atomic mass is 9.93. The molecule has 1 aromatic carbocycles. The molecule has 3 heteroatoms. The van der Waals surface area contributed by atoms with Crippen LogP contribution in [-0.4, -0.2) is 12.9 Å². The first-order chi connectivity index (χ1) is 8.12. The number of methoxy groups -OCH3 is 1. The first-order valence-corrected chi connectivity index (χ1v) is 6.76. The number of hydrogen-bond acceptors (Lipinski definition) is 2. The van der Waals surface area contributed by atoms with Gasteiger partial charge in [0.15, 0.2) is 0 Å². The molecular weight excluding hydrogens is 280 g/mol. The first-order valence-electron chi connectivity index (χ1n) is 5.97. The average Bonchev–Trinajstić information content (AvgIpc) is 2.31. The Balaban J connectivity index is 2.86. The van der Waals surface area contributed by atoms with Crippen LogP contribution in [0.2, 0.25) is 0 Å². The highest BCUT2D eigenvalue weighted by Crippen LogP contribution is 2.25. The van der Waals surface area contributed by atoms with Crippen molar-refractivity contribution in [1.29, 1.82) is 0 Å². The van der Waals surface area contributed by atoms with E-state index in [1.807, 2.05) is 18.2 Å². The molecule has 1 aromatic rings. The predicted octanol–water partition coefficient (Wildman–Crippen LogP) is 4.01. The van der Waals surface area contributed by atoms with Gasteiger partial charge in [-0.1, -0.05) is 29.8 Å². The third kappa shape index (κ3) is 3.84. The molecule has 0 aliphatic rings. The maximum Gasteiger partial charge on any atom is 0.140 e. The molecule has 0 aromatic heterocycles. The van der Waals surface area contributed by atoms with Gasteiger partial charge in [0.1, 0.15) is 11.5 Å². The van der Waals surface area contributed by atoms with Gasteiger partial charge in [-0.2, -0.15) is 0 Å². The van der Waals surface area contributed by atoms with Gasteiger partial charge in [0.05, 0.1) is 7.11 Å². The van der Waals surface area contributed by atoms with Crippen molar-refractivity contribution in [3.05, 3.63) is 28.2 Å². The van der Waals surface area contributed by atoms with Crippen LogP contribution in [0, 0.1) is 5.92 Å². The van der Waals surface area contributed by atoms with E-state index in [4.69, 9.17) is 4.74 Å². The molecule has 2 nitrogen and oxygen atoms in total. The van der Waals surface area contributed by atoms with Crippen molar-refractivity contribution in [3.8, 4) is 5.75 Å². The minimum absolute atomic E-state index is 0.165. The molecule has 0 atom stereocenters. The van der Waals surface area contributed by atoms with Crippen LogP contribution in [-0.2, 0) is 11.2 Å². The van der Waals surface area contributed by atoms with E-state index in [0.717, 1.165) is 28.6 Å². The number of hydrogen-bond donors (Lipinski definition) is 0. The Labute approximate surface area is 111 Å². The molecular formula is C14H19BrO2. The number of halogens is 1. The Morgan fingerprint density at radius 3 is 2.53 bits per heavy atom. The average molecular weight is 299 g/mol. The van der Waals surface area contributed by atoms with E-state index in [-0.39, 0.29) is 5.92 Å². The van der Waals surface area contributed by atoms with E-state index < -0.39 is 0 Å². The molecule has 0 spiro atoms. The second-order valence-electron chi connectivity index (χ2n) is 4.11. The fourth-order valence-electron chi connectivity index (χ4n) is 1.96. The molecule has 0 heterocycles. The minimum Gasteiger partial charge on any atom is -0.496 e. The van der Waals surface area contributed by atoms with Crippen molar-refractivity contribution in [2.24, 2.45) is 5.92 Å². The number of Topliss-reactive ketones (excluding diaryl/α,β-unsaturated/α-hetero) is 1. The zero-order valence-electron chi connectivity index (χ0n) is 10.6. The summed E-state index contributed by atoms with van der Waals surface area (Å²) in [7, 11) is 1.63. The highest BCUT2D eigenvalue weighted by atomic mass is 79.9. The van der Waals surface area contributed by atoms with Gasteiger partial charge in [-0.3, -0.25) is 4.79 Å². The van der Waals surface area contributed by atoms with Crippen LogP contribution in [0.1, 0.15) is 32.3 Å². The predicted molar refractivity (Wildman–Crippen MR) is 73.5 cm³/mol. The van der Waals surface area contributed by atoms with E-state index in [2.05, 4.69) is 29.8 Å². The lowest BCUT2D eigenvalue weighted by Crippen LogP contribution is -2.15. The molecule has 0 radical (unpaired) electrons. The normalized spacial score (nSPS) is 10.6. The summed E-state index contributed by atoms with van der Waals surface area (Å²) in [4.78, 5) is 12.1. The third-order valence-corrected chi connectivity index (χ3v) is 3.54. The highest BCUT2D eigenvalue weighted by Gasteiger charge is 2.16. The largest absolute Gasteiger partial charge is 0.496 e. The summed E-state index contributed by atoms with van der Waals surface area (Å²) in [6, 6.07) is 5.77. The second-order valence-corrected chi connectivity index (χ2v) is 5.03. The van der Waals surface area contributed by atoms with E-state index in [0.29, 0.717) is 12.2 Å². The number of ether oxygens (including phenoxy) is 1. The quantitative estimate of drug-likeness (QED) is 0.793. The Morgan fingerprint density at radius 2 is 2.00 bits per heavy atom. The van der Waals surface area contributed by atoms with E-state index >= 15 is 0 Å². The second kappa shape index (κ2) is 6.80. The van der Waals surface area contributed by atoms with Crippen LogP contribution in [0.4, 0.5) is 0 Å². The SMILES string of the molecule is CCC(CC)C(=O)Cc1cc(Br)ccc1OC. The molecule has 1 rings (SSSR count). The summed E-state index contributed by atoms with van der Waals surface area (Å²) in [5.41, 5.74) is 0.957. The van der Waals surface area contributed by atoms with Crippen LogP contribution in [0.25, 0.3) is 0 Å². The summed E-state index contributed by atoms with van der Waals surface area (Å²) in [6.45, 7) is 4.12. The van der Waals surface area contributed by atoms with Gasteiger partial charge in [0, 0.05) is 22.4 Å². The van der Waals surface area contributed by atoms with Crippen LogP contribution in [0.15, 0.2) is 22.7 Å². The maximum absolute atomic E-state index is 12.1. The fraction of sp³-hybridized carbons (Fsp3) is 0.500. The Bertz CT molecular complexity index is 384. The Hall–Kier alpha value is -0.830. The van der Waals surface area contributed by atoms with Gasteiger partial charge in [-0.25, -0.2) is 0 Å². The summed E-state index contributed by atoms with van der Waals surface area (Å²) in [5, 5.41) is 0. The summed E-state index contributed by atoms with van der Waals surface area (Å²) in [6.07, 6.45) is 2.27. The van der Waals surface area contributed by atoms with Gasteiger partial charge in [0.2, 0.25) is 0 Å². The van der Waals surface area contributed by atoms with Gasteiger partial charge >= 0.3 is 0 Å². The first kappa shape index (κ1) is 14.2. The van der Waals surface area contributed by atoms with Crippen molar-refractivity contribution in [2.45, 2.75) is 33.1 Å². The molecule has 94 valence electrons. The zero-order chi connectivity index (χ0) is 12.8. The molecule has 0 aliphatic heterocycles. The van der Waals surface area contributed by atoms with Crippen molar-refractivity contribution in [2.75, 3.05) is 7.11 Å². The summed E-state index contributed by atoms with van der Waals surface area (Å²) in [5.74, 6) is 1.25. The van der Waals surface area contributed by atoms with E-state index in [1.165, 1.54) is 0 Å². The Kier molecular flexibility index (Phi) is 5.69. The van der Waals surface area contributed by atoms with Crippen molar-refractivity contribution in [1.82, 2.24) is 0 Å². The van der Waals surface area contributed by atoms with Gasteiger partial charge in [0.25, 0.3) is 0 Å². The van der Waals surface area contributed by atoms with Crippen LogP contribution in [0.5, 0.6) is 5.75 Å². The Morgan fingerprint density at radius 1 is 1.35 bits per heavy atom. The molecule has 0 unspecified atom stereocenters. The number of benzene rings is 1. The standard InChI is InChI=1S/C14H19BrO2/c1-4-10(5-2)13(16)9-11-8-12(15)6-7-14(11)17-3/h6-8,10H,4-5,9H2,1-3H3. The topological polar surface area (TPSA) is 26.3 Å². The van der Waals surface area contributed by atoms with Gasteiger partial charge in [-0.15, -0.1) is 0 Å². The summed E-state index contributed by atoms with van der Waals surface area (Å²) >= 11 is 3.42. The number of rotatable bonds is 6. The van der Waals surface area contributed by atoms with E-state index in [1.54, 1.807) is 7.11 Å². The lowest BCUT2D eigenvalue weighted by molar-refractivity contribution is -0.122. The van der Waals surface area contributed by atoms with Crippen LogP contribution in [0.3, 0.4) is 0 Å². The van der Waals surface area contributed by atoms with Crippen molar-refractivity contribution < 1.29 is 9.53 Å². The molecule has 0 saturated heterocycles. The van der Waals surface area contributed by atoms with Crippen LogP contribution >= 0.6 is 15.9 Å². The van der Waals surface area contributed by atoms with Crippen molar-refractivity contribution in [3.63, 3.8) is 0 Å². The smallest absolute Gasteiger partial charge is 0.140 e. The lowest BCUT2D eigenvalue weighted by Gasteiger charge is -2.13. The zero-order valence-corrected chi connectivity index (χ0v) is 12.2. The molecule has 0 fully saturated rings. The molecule has 0 amide bonds. The molecule has 0 bridgehead atoms. The maximum atomic E-state index is 12.1. The number of ketones is 1. The monoisotopic (exact) mass is 298 g/mol. The molecule has 0 aliphatic carbocycles. The number of carbonyl (C=O) groups is 1. The van der Waals surface area contributed by atoms with Crippen LogP contribution < -0.4 is 4.74 Å². The van der Waals surface area contributed by atoms with Gasteiger partial charge < -0.3 is 4.74 Å². The molecule has 0 N–H and O–H groups in total. The molecule has 0 saturated carbocycles. The van der Waals surface area contributed by atoms with E-state index in [9.17, 15) is 4.79 Å². The number of carbonyl (C=O) groups excluding carboxylic acids is 1. The fourth-order valence-corrected chi connectivity index (χ4v) is 2.37.